The summed E-state index contributed by atoms with van der Waals surface area (Å²) in [7, 11) is 0. The lowest BCUT2D eigenvalue weighted by molar-refractivity contribution is -0.150. The van der Waals surface area contributed by atoms with Crippen molar-refractivity contribution in [2.75, 3.05) is 11.5 Å². The van der Waals surface area contributed by atoms with Gasteiger partial charge in [0.05, 0.1) is 11.5 Å². The first-order valence-electron chi connectivity index (χ1n) is 11.0. The summed E-state index contributed by atoms with van der Waals surface area (Å²) in [6, 6.07) is 28.3. The number of esters is 1. The fourth-order valence-electron chi connectivity index (χ4n) is 3.69. The lowest BCUT2D eigenvalue weighted by Crippen LogP contribution is -2.46. The lowest BCUT2D eigenvalue weighted by atomic mass is 10.0. The number of rotatable bonds is 8. The van der Waals surface area contributed by atoms with Gasteiger partial charge in [0.1, 0.15) is 10.4 Å². The molecule has 0 bridgehead atoms. The normalized spacial score (nSPS) is 15.4. The van der Waals surface area contributed by atoms with E-state index in [1.807, 2.05) is 95.9 Å². The largest absolute Gasteiger partial charge is 0.464 e. The van der Waals surface area contributed by atoms with E-state index in [0.29, 0.717) is 15.6 Å². The average molecular weight is 489 g/mol. The predicted octanol–water partition coefficient (Wildman–Crippen LogP) is 5.70. The van der Waals surface area contributed by atoms with E-state index < -0.39 is 12.0 Å². The molecular formula is C27H24N2O3S2. The Balaban J connectivity index is 1.68. The van der Waals surface area contributed by atoms with Gasteiger partial charge in [-0.25, -0.2) is 4.79 Å². The van der Waals surface area contributed by atoms with Crippen molar-refractivity contribution in [1.29, 1.82) is 0 Å². The minimum Gasteiger partial charge on any atom is -0.464 e. The van der Waals surface area contributed by atoms with E-state index in [4.69, 9.17) is 17.0 Å². The van der Waals surface area contributed by atoms with Gasteiger partial charge in [-0.3, -0.25) is 9.69 Å². The van der Waals surface area contributed by atoms with Gasteiger partial charge >= 0.3 is 5.97 Å². The smallest absolute Gasteiger partial charge is 0.329 e. The third-order valence-corrected chi connectivity index (χ3v) is 6.60. The zero-order chi connectivity index (χ0) is 23.9. The van der Waals surface area contributed by atoms with Crippen LogP contribution in [0.15, 0.2) is 102 Å². The molecule has 1 heterocycles. The first kappa shape index (κ1) is 23.7. The highest BCUT2D eigenvalue weighted by Crippen LogP contribution is 2.36. The number of hydrogen-bond acceptors (Lipinski definition) is 6. The monoisotopic (exact) mass is 488 g/mol. The van der Waals surface area contributed by atoms with Crippen molar-refractivity contribution in [2.24, 2.45) is 0 Å². The molecule has 0 saturated carbocycles. The average Bonchev–Trinajstić information content (AvgIpc) is 3.15. The zero-order valence-corrected chi connectivity index (χ0v) is 20.3. The van der Waals surface area contributed by atoms with Crippen LogP contribution >= 0.6 is 24.0 Å². The maximum Gasteiger partial charge on any atom is 0.329 e. The van der Waals surface area contributed by atoms with Gasteiger partial charge in [0.2, 0.25) is 0 Å². The van der Waals surface area contributed by atoms with Crippen molar-refractivity contribution in [1.82, 2.24) is 4.90 Å². The molecule has 1 atom stereocenters. The second-order valence-electron chi connectivity index (χ2n) is 7.54. The number of carbonyl (C=O) groups is 2. The van der Waals surface area contributed by atoms with Crippen LogP contribution in [0.25, 0.3) is 0 Å². The van der Waals surface area contributed by atoms with Crippen molar-refractivity contribution < 1.29 is 14.3 Å². The highest BCUT2D eigenvalue weighted by atomic mass is 32.2. The zero-order valence-electron chi connectivity index (χ0n) is 18.7. The molecule has 1 saturated heterocycles. The number of amides is 1. The number of ether oxygens (including phenoxy) is 1. The van der Waals surface area contributed by atoms with E-state index in [0.717, 1.165) is 16.9 Å². The molecule has 1 fully saturated rings. The summed E-state index contributed by atoms with van der Waals surface area (Å²) in [5, 5.41) is 0. The summed E-state index contributed by atoms with van der Waals surface area (Å²) in [5.41, 5.74) is 2.74. The number of carbonyl (C=O) groups excluding carboxylic acids is 2. The molecule has 4 rings (SSSR count). The van der Waals surface area contributed by atoms with Crippen LogP contribution in [0, 0.1) is 0 Å². The van der Waals surface area contributed by atoms with Crippen molar-refractivity contribution in [3.63, 3.8) is 0 Å². The highest BCUT2D eigenvalue weighted by Gasteiger charge is 2.41. The number of thioether (sulfide) groups is 1. The maximum absolute atomic E-state index is 13.6. The van der Waals surface area contributed by atoms with Gasteiger partial charge in [-0.05, 0) is 36.8 Å². The van der Waals surface area contributed by atoms with Crippen LogP contribution in [0.3, 0.4) is 0 Å². The standard InChI is InChI=1S/C27H24N2O3S2/c1-2-32-26(31)23(18-20-12-6-3-7-13-20)29-25(30)24(34-27(29)33)19-28(21-14-8-4-9-15-21)22-16-10-5-11-17-22/h3-17,19,23H,2,18H2,1H3/b24-19-. The van der Waals surface area contributed by atoms with E-state index in [2.05, 4.69) is 0 Å². The molecule has 1 amide bonds. The Morgan fingerprint density at radius 2 is 1.50 bits per heavy atom. The van der Waals surface area contributed by atoms with Crippen LogP contribution in [0.2, 0.25) is 0 Å². The molecule has 5 nitrogen and oxygen atoms in total. The molecule has 34 heavy (non-hydrogen) atoms. The number of nitrogens with zero attached hydrogens (tertiary/aromatic N) is 2. The number of hydrogen-bond donors (Lipinski definition) is 0. The van der Waals surface area contributed by atoms with Gasteiger partial charge in [-0.15, -0.1) is 0 Å². The quantitative estimate of drug-likeness (QED) is 0.230. The Morgan fingerprint density at radius 3 is 2.03 bits per heavy atom. The van der Waals surface area contributed by atoms with Gasteiger partial charge in [0.15, 0.2) is 0 Å². The molecule has 172 valence electrons. The first-order valence-corrected chi connectivity index (χ1v) is 12.2. The molecule has 0 N–H and O–H groups in total. The van der Waals surface area contributed by atoms with Crippen LogP contribution in [0.1, 0.15) is 12.5 Å². The van der Waals surface area contributed by atoms with E-state index >= 15 is 0 Å². The van der Waals surface area contributed by atoms with Gasteiger partial charge in [0.25, 0.3) is 5.91 Å². The fraction of sp³-hybridized carbons (Fsp3) is 0.148. The molecule has 1 unspecified atom stereocenters. The van der Waals surface area contributed by atoms with Gasteiger partial charge < -0.3 is 9.64 Å². The second kappa shape index (κ2) is 11.1. The van der Waals surface area contributed by atoms with Crippen LogP contribution < -0.4 is 4.90 Å². The first-order chi connectivity index (χ1) is 16.6. The summed E-state index contributed by atoms with van der Waals surface area (Å²) in [4.78, 5) is 30.2. The third kappa shape index (κ3) is 5.38. The SMILES string of the molecule is CCOC(=O)C(Cc1ccccc1)N1C(=O)/C(=C/N(c2ccccc2)c2ccccc2)SC1=S. The summed E-state index contributed by atoms with van der Waals surface area (Å²) >= 11 is 6.77. The molecule has 0 aliphatic carbocycles. The van der Waals surface area contributed by atoms with Crippen molar-refractivity contribution in [3.05, 3.63) is 108 Å². The van der Waals surface area contributed by atoms with Gasteiger partial charge in [-0.1, -0.05) is 90.7 Å². The second-order valence-corrected chi connectivity index (χ2v) is 9.21. The number of thiocarbonyl (C=S) groups is 1. The van der Waals surface area contributed by atoms with Crippen molar-refractivity contribution in [3.8, 4) is 0 Å². The molecule has 3 aromatic carbocycles. The molecule has 1 aliphatic rings. The molecule has 1 aliphatic heterocycles. The predicted molar refractivity (Wildman–Crippen MR) is 141 cm³/mol. The third-order valence-electron chi connectivity index (χ3n) is 5.28. The van der Waals surface area contributed by atoms with E-state index in [1.165, 1.54) is 16.7 Å². The molecule has 7 heteroatoms. The van der Waals surface area contributed by atoms with E-state index in [-0.39, 0.29) is 12.5 Å². The molecule has 3 aromatic rings. The number of anilines is 2. The molecule has 0 radical (unpaired) electrons. The Morgan fingerprint density at radius 1 is 0.971 bits per heavy atom. The van der Waals surface area contributed by atoms with Crippen LogP contribution in [-0.4, -0.2) is 33.7 Å². The topological polar surface area (TPSA) is 49.9 Å². The van der Waals surface area contributed by atoms with E-state index in [9.17, 15) is 9.59 Å². The highest BCUT2D eigenvalue weighted by molar-refractivity contribution is 8.26. The van der Waals surface area contributed by atoms with E-state index in [1.54, 1.807) is 13.1 Å². The maximum atomic E-state index is 13.6. The molecule has 0 spiro atoms. The van der Waals surface area contributed by atoms with Gasteiger partial charge in [0, 0.05) is 24.0 Å². The minimum atomic E-state index is -0.831. The summed E-state index contributed by atoms with van der Waals surface area (Å²) < 4.78 is 5.65. The summed E-state index contributed by atoms with van der Waals surface area (Å²) in [6.45, 7) is 1.98. The Kier molecular flexibility index (Phi) is 7.77. The Bertz CT molecular complexity index is 1140. The number of para-hydroxylation sites is 2. The number of benzene rings is 3. The summed E-state index contributed by atoms with van der Waals surface area (Å²) in [5.74, 6) is -0.771. The van der Waals surface area contributed by atoms with Crippen LogP contribution in [0.5, 0.6) is 0 Å². The van der Waals surface area contributed by atoms with Crippen molar-refractivity contribution in [2.45, 2.75) is 19.4 Å². The minimum absolute atomic E-state index is 0.227. The molecular weight excluding hydrogens is 464 g/mol. The Hall–Kier alpha value is -3.42. The van der Waals surface area contributed by atoms with Crippen LogP contribution in [0.4, 0.5) is 11.4 Å². The lowest BCUT2D eigenvalue weighted by Gasteiger charge is -2.25. The Labute approximate surface area is 209 Å². The van der Waals surface area contributed by atoms with Crippen LogP contribution in [-0.2, 0) is 20.7 Å². The van der Waals surface area contributed by atoms with Crippen molar-refractivity contribution >= 4 is 51.6 Å². The summed E-state index contributed by atoms with van der Waals surface area (Å²) in [6.07, 6.45) is 2.11. The molecule has 0 aromatic heterocycles. The fourth-order valence-corrected chi connectivity index (χ4v) is 5.01. The van der Waals surface area contributed by atoms with Gasteiger partial charge in [-0.2, -0.15) is 0 Å².